The van der Waals surface area contributed by atoms with Gasteiger partial charge in [-0.1, -0.05) is 6.07 Å². The molecule has 0 saturated heterocycles. The SMILES string of the molecule is COc1c(I)sc2cccc(I)c12. The Morgan fingerprint density at radius 3 is 2.77 bits per heavy atom. The highest BCUT2D eigenvalue weighted by Gasteiger charge is 2.12. The Bertz CT molecular complexity index is 450. The van der Waals surface area contributed by atoms with Crippen LogP contribution >= 0.6 is 56.5 Å². The largest absolute Gasteiger partial charge is 0.494 e. The van der Waals surface area contributed by atoms with E-state index < -0.39 is 0 Å². The minimum Gasteiger partial charge on any atom is -0.494 e. The molecule has 4 heteroatoms. The second-order valence-corrected chi connectivity index (χ2v) is 6.55. The number of thiophene rings is 1. The van der Waals surface area contributed by atoms with E-state index in [2.05, 4.69) is 63.4 Å². The normalized spacial score (nSPS) is 10.7. The van der Waals surface area contributed by atoms with Gasteiger partial charge < -0.3 is 4.74 Å². The molecule has 0 bridgehead atoms. The molecule has 68 valence electrons. The van der Waals surface area contributed by atoms with Crippen molar-refractivity contribution in [1.29, 1.82) is 0 Å². The van der Waals surface area contributed by atoms with E-state index in [0.717, 1.165) is 5.75 Å². The van der Waals surface area contributed by atoms with Crippen molar-refractivity contribution < 1.29 is 4.74 Å². The number of halogens is 2. The van der Waals surface area contributed by atoms with Gasteiger partial charge in [-0.15, -0.1) is 11.3 Å². The van der Waals surface area contributed by atoms with Crippen molar-refractivity contribution in [2.24, 2.45) is 0 Å². The minimum absolute atomic E-state index is 1.02. The number of fused-ring (bicyclic) bond motifs is 1. The molecule has 1 heterocycles. The second-order valence-electron chi connectivity index (χ2n) is 2.52. The highest BCUT2D eigenvalue weighted by Crippen LogP contribution is 2.40. The van der Waals surface area contributed by atoms with E-state index in [1.807, 2.05) is 0 Å². The molecule has 0 aliphatic carbocycles. The number of methoxy groups -OCH3 is 1. The van der Waals surface area contributed by atoms with Gasteiger partial charge in [0.05, 0.1) is 7.11 Å². The Morgan fingerprint density at radius 1 is 1.31 bits per heavy atom. The van der Waals surface area contributed by atoms with E-state index in [-0.39, 0.29) is 0 Å². The van der Waals surface area contributed by atoms with Crippen molar-refractivity contribution in [3.8, 4) is 5.75 Å². The van der Waals surface area contributed by atoms with Crippen molar-refractivity contribution in [1.82, 2.24) is 0 Å². The van der Waals surface area contributed by atoms with Crippen molar-refractivity contribution in [3.05, 3.63) is 24.7 Å². The first-order valence-corrected chi connectivity index (χ1v) is 6.62. The number of hydrogen-bond donors (Lipinski definition) is 0. The highest BCUT2D eigenvalue weighted by molar-refractivity contribution is 14.1. The van der Waals surface area contributed by atoms with Gasteiger partial charge in [-0.2, -0.15) is 0 Å². The average Bonchev–Trinajstić information content (AvgIpc) is 2.42. The predicted octanol–water partition coefficient (Wildman–Crippen LogP) is 4.12. The Kier molecular flexibility index (Phi) is 2.99. The summed E-state index contributed by atoms with van der Waals surface area (Å²) in [5.41, 5.74) is 0. The van der Waals surface area contributed by atoms with Gasteiger partial charge in [-0.05, 0) is 57.3 Å². The molecule has 0 atom stereocenters. The maximum Gasteiger partial charge on any atom is 0.151 e. The zero-order valence-electron chi connectivity index (χ0n) is 6.80. The summed E-state index contributed by atoms with van der Waals surface area (Å²) in [5, 5.41) is 1.25. The lowest BCUT2D eigenvalue weighted by Gasteiger charge is -1.99. The number of rotatable bonds is 1. The standard InChI is InChI=1S/C9H6I2OS/c1-12-8-7-5(10)3-2-4-6(7)13-9(8)11/h2-4H,1H3. The summed E-state index contributed by atoms with van der Waals surface area (Å²) in [6, 6.07) is 6.32. The summed E-state index contributed by atoms with van der Waals surface area (Å²) >= 11 is 6.44. The van der Waals surface area contributed by atoms with Crippen LogP contribution in [0.15, 0.2) is 18.2 Å². The van der Waals surface area contributed by atoms with Gasteiger partial charge >= 0.3 is 0 Å². The third kappa shape index (κ3) is 1.68. The van der Waals surface area contributed by atoms with Crippen LogP contribution in [0.25, 0.3) is 10.1 Å². The van der Waals surface area contributed by atoms with E-state index in [1.54, 1.807) is 18.4 Å². The van der Waals surface area contributed by atoms with Crippen molar-refractivity contribution in [3.63, 3.8) is 0 Å². The Balaban J connectivity index is 2.88. The highest BCUT2D eigenvalue weighted by atomic mass is 127. The van der Waals surface area contributed by atoms with Crippen molar-refractivity contribution in [2.45, 2.75) is 0 Å². The lowest BCUT2D eigenvalue weighted by atomic mass is 10.2. The van der Waals surface area contributed by atoms with Gasteiger partial charge in [0.15, 0.2) is 5.75 Å². The quantitative estimate of drug-likeness (QED) is 0.636. The molecule has 13 heavy (non-hydrogen) atoms. The summed E-state index contributed by atoms with van der Waals surface area (Å²) in [6.07, 6.45) is 0. The molecule has 0 aliphatic heterocycles. The fourth-order valence-electron chi connectivity index (χ4n) is 1.23. The van der Waals surface area contributed by atoms with Crippen LogP contribution in [-0.4, -0.2) is 7.11 Å². The van der Waals surface area contributed by atoms with Crippen LogP contribution in [0.2, 0.25) is 0 Å². The third-order valence-corrected chi connectivity index (χ3v) is 4.76. The van der Waals surface area contributed by atoms with E-state index >= 15 is 0 Å². The first-order valence-electron chi connectivity index (χ1n) is 3.64. The topological polar surface area (TPSA) is 9.23 Å². The van der Waals surface area contributed by atoms with Crippen LogP contribution in [0.5, 0.6) is 5.75 Å². The van der Waals surface area contributed by atoms with Gasteiger partial charge in [0.25, 0.3) is 0 Å². The fourth-order valence-corrected chi connectivity index (χ4v) is 4.28. The summed E-state index contributed by atoms with van der Waals surface area (Å²) in [6.45, 7) is 0. The zero-order valence-corrected chi connectivity index (χ0v) is 11.9. The van der Waals surface area contributed by atoms with Crippen LogP contribution in [0, 0.1) is 6.45 Å². The van der Waals surface area contributed by atoms with Crippen LogP contribution < -0.4 is 4.74 Å². The molecular formula is C9H6I2OS. The van der Waals surface area contributed by atoms with E-state index in [1.165, 1.54) is 16.5 Å². The van der Waals surface area contributed by atoms with Crippen LogP contribution in [-0.2, 0) is 0 Å². The predicted molar refractivity (Wildman–Crippen MR) is 73.8 cm³/mol. The van der Waals surface area contributed by atoms with Crippen LogP contribution in [0.4, 0.5) is 0 Å². The third-order valence-electron chi connectivity index (χ3n) is 1.78. The fraction of sp³-hybridized carbons (Fsp3) is 0.111. The Morgan fingerprint density at radius 2 is 2.08 bits per heavy atom. The number of hydrogen-bond acceptors (Lipinski definition) is 2. The maximum atomic E-state index is 5.38. The molecule has 0 unspecified atom stereocenters. The molecule has 2 aromatic rings. The molecule has 0 amide bonds. The summed E-state index contributed by atoms with van der Waals surface area (Å²) in [4.78, 5) is 0. The van der Waals surface area contributed by atoms with E-state index in [4.69, 9.17) is 4.74 Å². The molecule has 0 saturated carbocycles. The smallest absolute Gasteiger partial charge is 0.151 e. The molecule has 2 rings (SSSR count). The minimum atomic E-state index is 1.02. The molecule has 0 spiro atoms. The Hall–Kier alpha value is 0.440. The number of ether oxygens (including phenoxy) is 1. The summed E-state index contributed by atoms with van der Waals surface area (Å²) < 4.78 is 9.15. The Labute approximate surface area is 108 Å². The van der Waals surface area contributed by atoms with Gasteiger partial charge in [0, 0.05) is 13.7 Å². The molecule has 0 N–H and O–H groups in total. The van der Waals surface area contributed by atoms with Gasteiger partial charge in [-0.3, -0.25) is 0 Å². The molecule has 1 nitrogen and oxygen atoms in total. The van der Waals surface area contributed by atoms with Crippen LogP contribution in [0.1, 0.15) is 0 Å². The van der Waals surface area contributed by atoms with Gasteiger partial charge in [0.2, 0.25) is 0 Å². The van der Waals surface area contributed by atoms with E-state index in [0.29, 0.717) is 0 Å². The van der Waals surface area contributed by atoms with Crippen LogP contribution in [0.3, 0.4) is 0 Å². The lowest BCUT2D eigenvalue weighted by molar-refractivity contribution is 0.418. The van der Waals surface area contributed by atoms with Crippen molar-refractivity contribution in [2.75, 3.05) is 7.11 Å². The van der Waals surface area contributed by atoms with E-state index in [9.17, 15) is 0 Å². The van der Waals surface area contributed by atoms with Gasteiger partial charge in [0.1, 0.15) is 2.88 Å². The van der Waals surface area contributed by atoms with Gasteiger partial charge in [-0.25, -0.2) is 0 Å². The molecule has 1 aromatic carbocycles. The van der Waals surface area contributed by atoms with Crippen molar-refractivity contribution >= 4 is 66.6 Å². The summed E-state index contributed by atoms with van der Waals surface area (Å²) in [7, 11) is 1.73. The first-order chi connectivity index (χ1) is 6.24. The molecule has 1 aromatic heterocycles. The molecule has 0 aliphatic rings. The zero-order chi connectivity index (χ0) is 9.42. The second kappa shape index (κ2) is 3.90. The summed E-state index contributed by atoms with van der Waals surface area (Å²) in [5.74, 6) is 1.02. The first kappa shape index (κ1) is 9.97. The number of benzene rings is 1. The molecular weight excluding hydrogens is 410 g/mol. The monoisotopic (exact) mass is 416 g/mol. The lowest BCUT2D eigenvalue weighted by Crippen LogP contribution is -1.83. The molecule has 0 fully saturated rings. The average molecular weight is 416 g/mol. The maximum absolute atomic E-state index is 5.38. The molecule has 0 radical (unpaired) electrons.